The zero-order valence-electron chi connectivity index (χ0n) is 11.3. The summed E-state index contributed by atoms with van der Waals surface area (Å²) in [6.07, 6.45) is 0.794. The molecule has 110 valence electrons. The van der Waals surface area contributed by atoms with E-state index in [0.717, 1.165) is 45.2 Å². The van der Waals surface area contributed by atoms with E-state index >= 15 is 0 Å². The van der Waals surface area contributed by atoms with E-state index in [1.54, 1.807) is 0 Å². The van der Waals surface area contributed by atoms with Crippen LogP contribution in [0.1, 0.15) is 16.8 Å². The number of nitrogens with zero attached hydrogens (tertiary/aromatic N) is 1. The van der Waals surface area contributed by atoms with E-state index in [9.17, 15) is 13.6 Å². The molecule has 0 bridgehead atoms. The van der Waals surface area contributed by atoms with Gasteiger partial charge < -0.3 is 15.5 Å². The maximum Gasteiger partial charge on any atom is 0.254 e. The molecule has 4 nitrogen and oxygen atoms in total. The van der Waals surface area contributed by atoms with Gasteiger partial charge >= 0.3 is 0 Å². The van der Waals surface area contributed by atoms with Gasteiger partial charge in [0.2, 0.25) is 0 Å². The number of benzene rings is 1. The van der Waals surface area contributed by atoms with Gasteiger partial charge in [0.1, 0.15) is 0 Å². The van der Waals surface area contributed by atoms with Crippen LogP contribution < -0.4 is 10.6 Å². The van der Waals surface area contributed by atoms with E-state index in [1.165, 1.54) is 12.1 Å². The summed E-state index contributed by atoms with van der Waals surface area (Å²) in [6.45, 7) is 5.34. The molecule has 0 unspecified atom stereocenters. The van der Waals surface area contributed by atoms with E-state index in [2.05, 4.69) is 15.5 Å². The minimum absolute atomic E-state index is 0.243. The lowest BCUT2D eigenvalue weighted by Gasteiger charge is -2.27. The van der Waals surface area contributed by atoms with Gasteiger partial charge in [0.15, 0.2) is 11.6 Å². The highest BCUT2D eigenvalue weighted by molar-refractivity contribution is 5.94. The van der Waals surface area contributed by atoms with Gasteiger partial charge in [-0.3, -0.25) is 4.79 Å². The number of nitrogens with one attached hydrogen (secondary N) is 2. The van der Waals surface area contributed by atoms with E-state index in [4.69, 9.17) is 0 Å². The van der Waals surface area contributed by atoms with Crippen molar-refractivity contribution in [1.29, 1.82) is 0 Å². The van der Waals surface area contributed by atoms with Crippen molar-refractivity contribution in [3.63, 3.8) is 0 Å². The monoisotopic (exact) mass is 283 g/mol. The fraction of sp³-hybridized carbons (Fsp3) is 0.500. The zero-order chi connectivity index (χ0) is 14.4. The van der Waals surface area contributed by atoms with E-state index in [1.807, 2.05) is 0 Å². The number of carbonyl (C=O) groups is 1. The molecule has 1 amide bonds. The Bertz CT molecular complexity index is 462. The smallest absolute Gasteiger partial charge is 0.254 e. The number of carbonyl (C=O) groups excluding carboxylic acids is 1. The largest absolute Gasteiger partial charge is 0.352 e. The molecule has 6 heteroatoms. The van der Waals surface area contributed by atoms with Gasteiger partial charge in [0, 0.05) is 32.7 Å². The molecular formula is C14H19F2N3O. The molecule has 1 saturated heterocycles. The van der Waals surface area contributed by atoms with E-state index in [0.29, 0.717) is 6.54 Å². The van der Waals surface area contributed by atoms with Gasteiger partial charge in [0.05, 0.1) is 5.56 Å². The Morgan fingerprint density at radius 2 is 2.05 bits per heavy atom. The summed E-state index contributed by atoms with van der Waals surface area (Å²) >= 11 is 0. The minimum atomic E-state index is -1.09. The fourth-order valence-electron chi connectivity index (χ4n) is 2.21. The Morgan fingerprint density at radius 3 is 2.80 bits per heavy atom. The number of piperazine rings is 1. The molecule has 0 radical (unpaired) electrons. The highest BCUT2D eigenvalue weighted by Crippen LogP contribution is 2.10. The number of hydrogen-bond acceptors (Lipinski definition) is 3. The Morgan fingerprint density at radius 1 is 1.30 bits per heavy atom. The first kappa shape index (κ1) is 14.9. The van der Waals surface area contributed by atoms with Crippen LogP contribution in [-0.2, 0) is 0 Å². The second-order valence-electron chi connectivity index (χ2n) is 4.80. The SMILES string of the molecule is O=C(NCCCN1CCNCC1)c1cccc(F)c1F. The standard InChI is InChI=1S/C14H19F2N3O/c15-12-4-1-3-11(13(12)16)14(20)18-5-2-8-19-9-6-17-7-10-19/h1,3-4,17H,2,5-10H2,(H,18,20). The Labute approximate surface area is 117 Å². The summed E-state index contributed by atoms with van der Waals surface area (Å²) in [5, 5.41) is 5.89. The summed E-state index contributed by atoms with van der Waals surface area (Å²) in [5.74, 6) is -2.66. The molecule has 1 aromatic rings. The lowest BCUT2D eigenvalue weighted by molar-refractivity contribution is 0.0946. The molecular weight excluding hydrogens is 264 g/mol. The molecule has 0 atom stereocenters. The molecule has 0 aliphatic carbocycles. The van der Waals surface area contributed by atoms with Gasteiger partial charge in [-0.15, -0.1) is 0 Å². The summed E-state index contributed by atoms with van der Waals surface area (Å²) in [4.78, 5) is 14.0. The molecule has 0 saturated carbocycles. The van der Waals surface area contributed by atoms with Crippen molar-refractivity contribution in [3.8, 4) is 0 Å². The fourth-order valence-corrected chi connectivity index (χ4v) is 2.21. The van der Waals surface area contributed by atoms with Crippen LogP contribution in [0.5, 0.6) is 0 Å². The molecule has 1 aromatic carbocycles. The average molecular weight is 283 g/mol. The molecule has 2 N–H and O–H groups in total. The molecule has 0 aromatic heterocycles. The lowest BCUT2D eigenvalue weighted by Crippen LogP contribution is -2.44. The number of amides is 1. The van der Waals surface area contributed by atoms with Crippen molar-refractivity contribution >= 4 is 5.91 Å². The topological polar surface area (TPSA) is 44.4 Å². The first-order valence-electron chi connectivity index (χ1n) is 6.84. The summed E-state index contributed by atoms with van der Waals surface area (Å²) in [5.41, 5.74) is -0.243. The van der Waals surface area contributed by atoms with E-state index < -0.39 is 17.5 Å². The highest BCUT2D eigenvalue weighted by atomic mass is 19.2. The molecule has 1 fully saturated rings. The van der Waals surface area contributed by atoms with Gasteiger partial charge in [-0.05, 0) is 25.1 Å². The van der Waals surface area contributed by atoms with Gasteiger partial charge in [0.25, 0.3) is 5.91 Å². The second kappa shape index (κ2) is 7.31. The molecule has 2 rings (SSSR count). The van der Waals surface area contributed by atoms with E-state index in [-0.39, 0.29) is 5.56 Å². The number of halogens is 2. The number of rotatable bonds is 5. The zero-order valence-corrected chi connectivity index (χ0v) is 11.3. The molecule has 1 aliphatic rings. The van der Waals surface area contributed by atoms with Crippen LogP contribution >= 0.6 is 0 Å². The summed E-state index contributed by atoms with van der Waals surface area (Å²) < 4.78 is 26.4. The first-order valence-corrected chi connectivity index (χ1v) is 6.84. The van der Waals surface area contributed by atoms with Crippen LogP contribution in [0.15, 0.2) is 18.2 Å². The van der Waals surface area contributed by atoms with Gasteiger partial charge in [-0.2, -0.15) is 0 Å². The summed E-state index contributed by atoms with van der Waals surface area (Å²) in [7, 11) is 0. The van der Waals surface area contributed by atoms with Crippen molar-refractivity contribution in [2.45, 2.75) is 6.42 Å². The van der Waals surface area contributed by atoms with Crippen LogP contribution in [0, 0.1) is 11.6 Å². The minimum Gasteiger partial charge on any atom is -0.352 e. The first-order chi connectivity index (χ1) is 9.68. The molecule has 1 aliphatic heterocycles. The third kappa shape index (κ3) is 3.98. The lowest BCUT2D eigenvalue weighted by atomic mass is 10.2. The third-order valence-corrected chi connectivity index (χ3v) is 3.34. The third-order valence-electron chi connectivity index (χ3n) is 3.34. The molecule has 0 spiro atoms. The number of hydrogen-bond donors (Lipinski definition) is 2. The Kier molecular flexibility index (Phi) is 5.43. The Hall–Kier alpha value is -1.53. The van der Waals surface area contributed by atoms with Crippen molar-refractivity contribution < 1.29 is 13.6 Å². The normalized spacial score (nSPS) is 16.1. The van der Waals surface area contributed by atoms with Crippen LogP contribution in [-0.4, -0.2) is 50.1 Å². The van der Waals surface area contributed by atoms with Crippen molar-refractivity contribution in [2.75, 3.05) is 39.3 Å². The predicted molar refractivity (Wildman–Crippen MR) is 72.6 cm³/mol. The summed E-state index contributed by atoms with van der Waals surface area (Å²) in [6, 6.07) is 3.61. The molecule has 20 heavy (non-hydrogen) atoms. The second-order valence-corrected chi connectivity index (χ2v) is 4.80. The quantitative estimate of drug-likeness (QED) is 0.792. The Balaban J connectivity index is 1.73. The van der Waals surface area contributed by atoms with Crippen molar-refractivity contribution in [3.05, 3.63) is 35.4 Å². The van der Waals surface area contributed by atoms with Gasteiger partial charge in [-0.25, -0.2) is 8.78 Å². The van der Waals surface area contributed by atoms with Crippen LogP contribution in [0.4, 0.5) is 8.78 Å². The van der Waals surface area contributed by atoms with Crippen molar-refractivity contribution in [1.82, 2.24) is 15.5 Å². The van der Waals surface area contributed by atoms with Crippen LogP contribution in [0.3, 0.4) is 0 Å². The van der Waals surface area contributed by atoms with Gasteiger partial charge in [-0.1, -0.05) is 6.07 Å². The maximum atomic E-state index is 13.4. The maximum absolute atomic E-state index is 13.4. The van der Waals surface area contributed by atoms with Crippen molar-refractivity contribution in [2.24, 2.45) is 0 Å². The predicted octanol–water partition coefficient (Wildman–Crippen LogP) is 0.990. The van der Waals surface area contributed by atoms with Crippen LogP contribution in [0.25, 0.3) is 0 Å². The van der Waals surface area contributed by atoms with Crippen LogP contribution in [0.2, 0.25) is 0 Å². The highest BCUT2D eigenvalue weighted by Gasteiger charge is 2.14. The molecule has 1 heterocycles. The average Bonchev–Trinajstić information content (AvgIpc) is 2.47.